The normalized spacial score (nSPS) is 10.3. The quantitative estimate of drug-likeness (QED) is 0.629. The van der Waals surface area contributed by atoms with Crippen molar-refractivity contribution in [3.63, 3.8) is 0 Å². The van der Waals surface area contributed by atoms with Crippen LogP contribution in [0.5, 0.6) is 0 Å². The van der Waals surface area contributed by atoms with Gasteiger partial charge in [0.05, 0.1) is 11.3 Å². The van der Waals surface area contributed by atoms with Crippen molar-refractivity contribution in [3.05, 3.63) is 51.7 Å². The summed E-state index contributed by atoms with van der Waals surface area (Å²) < 4.78 is 0. The van der Waals surface area contributed by atoms with E-state index in [1.807, 2.05) is 0 Å². The number of non-ortho nitro benzene ring substituents is 1. The van der Waals surface area contributed by atoms with Gasteiger partial charge in [-0.05, 0) is 12.0 Å². The minimum atomic E-state index is -0.480. The van der Waals surface area contributed by atoms with E-state index in [0.29, 0.717) is 11.4 Å². The Kier molecular flexibility index (Phi) is 4.65. The Morgan fingerprint density at radius 3 is 2.95 bits per heavy atom. The topological polar surface area (TPSA) is 101 Å². The van der Waals surface area contributed by atoms with Crippen LogP contribution in [0.2, 0.25) is 0 Å². The minimum Gasteiger partial charge on any atom is -0.309 e. The molecule has 0 aliphatic rings. The maximum Gasteiger partial charge on any atom is 0.269 e. The van der Waals surface area contributed by atoms with Gasteiger partial charge in [0.1, 0.15) is 0 Å². The van der Waals surface area contributed by atoms with Crippen LogP contribution < -0.4 is 5.32 Å². The number of carbonyl (C=O) groups excluding carboxylic acids is 1. The van der Waals surface area contributed by atoms with E-state index in [1.165, 1.54) is 12.1 Å². The summed E-state index contributed by atoms with van der Waals surface area (Å²) in [4.78, 5) is 22.1. The van der Waals surface area contributed by atoms with Crippen LogP contribution in [0.3, 0.4) is 0 Å². The Morgan fingerprint density at radius 1 is 1.43 bits per heavy atom. The number of rotatable bonds is 6. The Hall–Kier alpha value is -2.70. The molecule has 0 atom stereocenters. The van der Waals surface area contributed by atoms with Gasteiger partial charge in [-0.2, -0.15) is 5.10 Å². The van der Waals surface area contributed by atoms with E-state index in [-0.39, 0.29) is 18.0 Å². The van der Waals surface area contributed by atoms with Crippen LogP contribution in [0.1, 0.15) is 24.6 Å². The third-order valence-corrected chi connectivity index (χ3v) is 2.90. The smallest absolute Gasteiger partial charge is 0.269 e. The molecule has 0 unspecified atom stereocenters. The summed E-state index contributed by atoms with van der Waals surface area (Å²) >= 11 is 0. The van der Waals surface area contributed by atoms with E-state index in [9.17, 15) is 14.9 Å². The molecule has 110 valence electrons. The number of hydrogen-bond donors (Lipinski definition) is 2. The van der Waals surface area contributed by atoms with Gasteiger partial charge in [0.15, 0.2) is 5.82 Å². The van der Waals surface area contributed by atoms with Crippen molar-refractivity contribution < 1.29 is 9.72 Å². The Bertz CT molecular complexity index is 651. The second-order valence-electron chi connectivity index (χ2n) is 4.68. The third kappa shape index (κ3) is 4.13. The maximum absolute atomic E-state index is 11.9. The molecule has 1 heterocycles. The van der Waals surface area contributed by atoms with Crippen molar-refractivity contribution >= 4 is 17.4 Å². The van der Waals surface area contributed by atoms with Gasteiger partial charge in [0, 0.05) is 23.9 Å². The Balaban J connectivity index is 1.97. The number of carbonyl (C=O) groups is 1. The van der Waals surface area contributed by atoms with E-state index >= 15 is 0 Å². The van der Waals surface area contributed by atoms with Gasteiger partial charge in [-0.25, -0.2) is 0 Å². The summed E-state index contributed by atoms with van der Waals surface area (Å²) in [5, 5.41) is 20.2. The van der Waals surface area contributed by atoms with E-state index in [0.717, 1.165) is 18.5 Å². The molecule has 0 fully saturated rings. The van der Waals surface area contributed by atoms with Crippen molar-refractivity contribution in [1.29, 1.82) is 0 Å². The number of benzene rings is 1. The lowest BCUT2D eigenvalue weighted by molar-refractivity contribution is -0.384. The third-order valence-electron chi connectivity index (χ3n) is 2.90. The second-order valence-corrected chi connectivity index (χ2v) is 4.68. The zero-order valence-corrected chi connectivity index (χ0v) is 11.6. The van der Waals surface area contributed by atoms with Gasteiger partial charge in [-0.3, -0.25) is 20.0 Å². The molecule has 2 aromatic rings. The van der Waals surface area contributed by atoms with Crippen LogP contribution >= 0.6 is 0 Å². The van der Waals surface area contributed by atoms with Crippen molar-refractivity contribution in [2.75, 3.05) is 5.32 Å². The number of aromatic amines is 1. The van der Waals surface area contributed by atoms with Crippen molar-refractivity contribution in [1.82, 2.24) is 10.2 Å². The Labute approximate surface area is 121 Å². The zero-order chi connectivity index (χ0) is 15.2. The largest absolute Gasteiger partial charge is 0.309 e. The summed E-state index contributed by atoms with van der Waals surface area (Å²) in [6.45, 7) is 2.06. The molecule has 2 N–H and O–H groups in total. The molecule has 0 radical (unpaired) electrons. The van der Waals surface area contributed by atoms with Gasteiger partial charge < -0.3 is 5.32 Å². The number of nitro benzene ring substituents is 1. The first-order valence-electron chi connectivity index (χ1n) is 6.66. The monoisotopic (exact) mass is 288 g/mol. The van der Waals surface area contributed by atoms with E-state index in [2.05, 4.69) is 22.4 Å². The fraction of sp³-hybridized carbons (Fsp3) is 0.286. The lowest BCUT2D eigenvalue weighted by Crippen LogP contribution is -2.14. The lowest BCUT2D eigenvalue weighted by Gasteiger charge is -2.02. The molecule has 0 bridgehead atoms. The molecule has 7 nitrogen and oxygen atoms in total. The first-order chi connectivity index (χ1) is 10.1. The molecule has 0 saturated carbocycles. The van der Waals surface area contributed by atoms with Crippen molar-refractivity contribution in [2.45, 2.75) is 26.2 Å². The summed E-state index contributed by atoms with van der Waals surface area (Å²) in [6.07, 6.45) is 1.93. The fourth-order valence-electron chi connectivity index (χ4n) is 1.98. The Morgan fingerprint density at radius 2 is 2.24 bits per heavy atom. The highest BCUT2D eigenvalue weighted by atomic mass is 16.6. The van der Waals surface area contributed by atoms with Crippen molar-refractivity contribution in [2.24, 2.45) is 0 Å². The van der Waals surface area contributed by atoms with Crippen LogP contribution in [-0.4, -0.2) is 21.0 Å². The molecule has 0 spiro atoms. The number of amides is 1. The van der Waals surface area contributed by atoms with Crippen LogP contribution in [0.4, 0.5) is 11.5 Å². The number of nitrogens with one attached hydrogen (secondary N) is 2. The van der Waals surface area contributed by atoms with Crippen LogP contribution in [0.25, 0.3) is 0 Å². The fourth-order valence-corrected chi connectivity index (χ4v) is 1.98. The summed E-state index contributed by atoms with van der Waals surface area (Å²) in [6, 6.07) is 7.82. The number of hydrogen-bond acceptors (Lipinski definition) is 4. The number of anilines is 1. The van der Waals surface area contributed by atoms with Crippen LogP contribution in [0, 0.1) is 10.1 Å². The molecule has 1 aromatic heterocycles. The number of nitrogens with zero attached hydrogens (tertiary/aromatic N) is 2. The average molecular weight is 288 g/mol. The average Bonchev–Trinajstić information content (AvgIpc) is 2.86. The van der Waals surface area contributed by atoms with Crippen molar-refractivity contribution in [3.8, 4) is 0 Å². The first-order valence-corrected chi connectivity index (χ1v) is 6.66. The van der Waals surface area contributed by atoms with Gasteiger partial charge in [0.2, 0.25) is 5.91 Å². The van der Waals surface area contributed by atoms with E-state index in [1.54, 1.807) is 18.2 Å². The molecular formula is C14H16N4O3. The van der Waals surface area contributed by atoms with Crippen LogP contribution in [0.15, 0.2) is 30.3 Å². The van der Waals surface area contributed by atoms with Crippen LogP contribution in [-0.2, 0) is 17.6 Å². The van der Waals surface area contributed by atoms with Gasteiger partial charge in [-0.1, -0.05) is 25.5 Å². The predicted octanol–water partition coefficient (Wildman–Crippen LogP) is 2.45. The molecule has 0 saturated heterocycles. The van der Waals surface area contributed by atoms with Gasteiger partial charge >= 0.3 is 0 Å². The molecule has 21 heavy (non-hydrogen) atoms. The summed E-state index contributed by atoms with van der Waals surface area (Å²) in [5.41, 5.74) is 1.53. The molecule has 2 rings (SSSR count). The standard InChI is InChI=1S/C14H16N4O3/c1-2-4-11-9-13(17-16-11)15-14(19)8-10-5-3-6-12(7-10)18(20)21/h3,5-7,9H,2,4,8H2,1H3,(H2,15,16,17,19). The maximum atomic E-state index is 11.9. The first kappa shape index (κ1) is 14.7. The van der Waals surface area contributed by atoms with Gasteiger partial charge in [-0.15, -0.1) is 0 Å². The summed E-state index contributed by atoms with van der Waals surface area (Å²) in [5.74, 6) is 0.207. The second kappa shape index (κ2) is 6.65. The predicted molar refractivity (Wildman–Crippen MR) is 78.0 cm³/mol. The molecule has 1 amide bonds. The van der Waals surface area contributed by atoms with E-state index in [4.69, 9.17) is 0 Å². The van der Waals surface area contributed by atoms with E-state index < -0.39 is 4.92 Å². The molecule has 1 aromatic carbocycles. The highest BCUT2D eigenvalue weighted by Gasteiger charge is 2.10. The zero-order valence-electron chi connectivity index (χ0n) is 11.6. The molecular weight excluding hydrogens is 272 g/mol. The molecule has 0 aliphatic carbocycles. The summed E-state index contributed by atoms with van der Waals surface area (Å²) in [7, 11) is 0. The molecule has 0 aliphatic heterocycles. The highest BCUT2D eigenvalue weighted by molar-refractivity contribution is 5.91. The number of nitro groups is 1. The highest BCUT2D eigenvalue weighted by Crippen LogP contribution is 2.14. The lowest BCUT2D eigenvalue weighted by atomic mass is 10.1. The number of aryl methyl sites for hydroxylation is 1. The number of aromatic nitrogens is 2. The molecule has 7 heteroatoms. The van der Waals surface area contributed by atoms with Gasteiger partial charge in [0.25, 0.3) is 5.69 Å². The number of H-pyrrole nitrogens is 1. The SMILES string of the molecule is CCCc1cc(NC(=O)Cc2cccc([N+](=O)[O-])c2)n[nH]1. The minimum absolute atomic E-state index is 0.0229.